The Morgan fingerprint density at radius 2 is 2.11 bits per heavy atom. The Bertz CT molecular complexity index is 296. The summed E-state index contributed by atoms with van der Waals surface area (Å²) in [6.07, 6.45) is 7.94. The monoisotopic (exact) mass is 253 g/mol. The minimum atomic E-state index is 0.0271. The molecule has 4 heteroatoms. The molecule has 0 spiro atoms. The van der Waals surface area contributed by atoms with Crippen LogP contribution < -0.4 is 5.32 Å². The molecule has 4 nitrogen and oxygen atoms in total. The van der Waals surface area contributed by atoms with Crippen LogP contribution in [0.1, 0.15) is 45.9 Å². The molecule has 0 unspecified atom stereocenters. The second kappa shape index (κ2) is 8.27. The standard InChI is InChI=1S/C14H27N3O/c1-4-14(2,3)18-12-6-9-15-8-5-7-13-16-10-11-17-13/h10-11,15H,4-9,12H2,1-3H3,(H,16,17). The number of imidazole rings is 1. The molecule has 0 aliphatic carbocycles. The van der Waals surface area contributed by atoms with Gasteiger partial charge in [0.2, 0.25) is 0 Å². The van der Waals surface area contributed by atoms with Gasteiger partial charge in [-0.2, -0.15) is 0 Å². The lowest BCUT2D eigenvalue weighted by molar-refractivity contribution is -0.0207. The highest BCUT2D eigenvalue weighted by Crippen LogP contribution is 2.13. The van der Waals surface area contributed by atoms with Crippen LogP contribution in [-0.4, -0.2) is 35.3 Å². The van der Waals surface area contributed by atoms with Gasteiger partial charge in [0.1, 0.15) is 5.82 Å². The first-order valence-electron chi connectivity index (χ1n) is 6.97. The largest absolute Gasteiger partial charge is 0.376 e. The topological polar surface area (TPSA) is 49.9 Å². The van der Waals surface area contributed by atoms with Crippen LogP contribution in [0.25, 0.3) is 0 Å². The second-order valence-corrected chi connectivity index (χ2v) is 5.20. The summed E-state index contributed by atoms with van der Waals surface area (Å²) in [5, 5.41) is 3.43. The zero-order chi connectivity index (χ0) is 13.3. The van der Waals surface area contributed by atoms with Crippen molar-refractivity contribution in [3.8, 4) is 0 Å². The van der Waals surface area contributed by atoms with Gasteiger partial charge in [-0.3, -0.25) is 0 Å². The number of aryl methyl sites for hydroxylation is 1. The van der Waals surface area contributed by atoms with E-state index in [0.717, 1.165) is 51.2 Å². The molecule has 0 fully saturated rings. The molecule has 0 aliphatic rings. The van der Waals surface area contributed by atoms with Crippen LogP contribution in [0.3, 0.4) is 0 Å². The van der Waals surface area contributed by atoms with Crippen LogP contribution >= 0.6 is 0 Å². The maximum absolute atomic E-state index is 5.79. The molecule has 2 N–H and O–H groups in total. The van der Waals surface area contributed by atoms with Gasteiger partial charge in [-0.25, -0.2) is 4.98 Å². The zero-order valence-corrected chi connectivity index (χ0v) is 12.0. The second-order valence-electron chi connectivity index (χ2n) is 5.20. The number of hydrogen-bond acceptors (Lipinski definition) is 3. The summed E-state index contributed by atoms with van der Waals surface area (Å²) in [5.41, 5.74) is 0.0271. The van der Waals surface area contributed by atoms with Crippen molar-refractivity contribution in [1.82, 2.24) is 15.3 Å². The molecule has 1 aromatic rings. The van der Waals surface area contributed by atoms with Gasteiger partial charge in [0.15, 0.2) is 0 Å². The molecule has 104 valence electrons. The van der Waals surface area contributed by atoms with Gasteiger partial charge in [0.05, 0.1) is 5.60 Å². The van der Waals surface area contributed by atoms with Crippen molar-refractivity contribution in [3.63, 3.8) is 0 Å². The van der Waals surface area contributed by atoms with Crippen molar-refractivity contribution in [2.24, 2.45) is 0 Å². The molecule has 0 aromatic carbocycles. The third-order valence-electron chi connectivity index (χ3n) is 3.16. The molecule has 0 saturated heterocycles. The summed E-state index contributed by atoms with van der Waals surface area (Å²) in [6.45, 7) is 9.35. The van der Waals surface area contributed by atoms with E-state index < -0.39 is 0 Å². The first kappa shape index (κ1) is 15.2. The summed E-state index contributed by atoms with van der Waals surface area (Å²) < 4.78 is 5.79. The highest BCUT2D eigenvalue weighted by molar-refractivity contribution is 4.86. The number of aromatic amines is 1. The molecule has 0 atom stereocenters. The lowest BCUT2D eigenvalue weighted by Crippen LogP contribution is -2.25. The zero-order valence-electron chi connectivity index (χ0n) is 12.0. The summed E-state index contributed by atoms with van der Waals surface area (Å²) >= 11 is 0. The smallest absolute Gasteiger partial charge is 0.106 e. The predicted molar refractivity (Wildman–Crippen MR) is 74.7 cm³/mol. The van der Waals surface area contributed by atoms with Crippen molar-refractivity contribution >= 4 is 0 Å². The highest BCUT2D eigenvalue weighted by atomic mass is 16.5. The first-order valence-corrected chi connectivity index (χ1v) is 6.97. The SMILES string of the molecule is CCC(C)(C)OCCCNCCCc1ncc[nH]1. The molecule has 1 rings (SSSR count). The van der Waals surface area contributed by atoms with Crippen molar-refractivity contribution in [2.45, 2.75) is 52.1 Å². The normalized spacial score (nSPS) is 11.9. The fourth-order valence-electron chi connectivity index (χ4n) is 1.59. The van der Waals surface area contributed by atoms with E-state index in [0.29, 0.717) is 0 Å². The van der Waals surface area contributed by atoms with Crippen LogP contribution in [0.5, 0.6) is 0 Å². The summed E-state index contributed by atoms with van der Waals surface area (Å²) in [4.78, 5) is 7.31. The third kappa shape index (κ3) is 6.77. The number of rotatable bonds is 10. The van der Waals surface area contributed by atoms with Crippen LogP contribution in [0.4, 0.5) is 0 Å². The Labute approximate surface area is 111 Å². The molecule has 0 aliphatic heterocycles. The van der Waals surface area contributed by atoms with E-state index in [1.165, 1.54) is 0 Å². The van der Waals surface area contributed by atoms with Gasteiger partial charge < -0.3 is 15.0 Å². The van der Waals surface area contributed by atoms with Crippen molar-refractivity contribution in [2.75, 3.05) is 19.7 Å². The van der Waals surface area contributed by atoms with E-state index in [1.54, 1.807) is 6.20 Å². The molecule has 0 bridgehead atoms. The fourth-order valence-corrected chi connectivity index (χ4v) is 1.59. The Hall–Kier alpha value is -0.870. The quantitative estimate of drug-likeness (QED) is 0.630. The van der Waals surface area contributed by atoms with Gasteiger partial charge in [0, 0.05) is 25.4 Å². The van der Waals surface area contributed by atoms with Gasteiger partial charge in [-0.1, -0.05) is 6.92 Å². The number of H-pyrrole nitrogens is 1. The van der Waals surface area contributed by atoms with Crippen molar-refractivity contribution in [3.05, 3.63) is 18.2 Å². The van der Waals surface area contributed by atoms with E-state index in [1.807, 2.05) is 6.20 Å². The van der Waals surface area contributed by atoms with E-state index in [9.17, 15) is 0 Å². The Kier molecular flexibility index (Phi) is 6.98. The van der Waals surface area contributed by atoms with E-state index >= 15 is 0 Å². The fraction of sp³-hybridized carbons (Fsp3) is 0.786. The van der Waals surface area contributed by atoms with Gasteiger partial charge in [0.25, 0.3) is 0 Å². The Balaban J connectivity index is 1.87. The minimum Gasteiger partial charge on any atom is -0.376 e. The van der Waals surface area contributed by atoms with Crippen LogP contribution in [0.15, 0.2) is 12.4 Å². The van der Waals surface area contributed by atoms with Gasteiger partial charge in [-0.05, 0) is 46.2 Å². The third-order valence-corrected chi connectivity index (χ3v) is 3.16. The van der Waals surface area contributed by atoms with Gasteiger partial charge in [-0.15, -0.1) is 0 Å². The highest BCUT2D eigenvalue weighted by Gasteiger charge is 2.13. The van der Waals surface area contributed by atoms with E-state index in [4.69, 9.17) is 4.74 Å². The molecular formula is C14H27N3O. The van der Waals surface area contributed by atoms with E-state index in [2.05, 4.69) is 36.1 Å². The van der Waals surface area contributed by atoms with Crippen molar-refractivity contribution < 1.29 is 4.74 Å². The number of ether oxygens (including phenoxy) is 1. The van der Waals surface area contributed by atoms with Crippen LogP contribution in [0.2, 0.25) is 0 Å². The molecule has 0 amide bonds. The maximum atomic E-state index is 5.79. The number of nitrogens with one attached hydrogen (secondary N) is 2. The van der Waals surface area contributed by atoms with Crippen LogP contribution in [0, 0.1) is 0 Å². The predicted octanol–water partition coefficient (Wildman–Crippen LogP) is 2.53. The van der Waals surface area contributed by atoms with Crippen molar-refractivity contribution in [1.29, 1.82) is 0 Å². The Morgan fingerprint density at radius 3 is 2.78 bits per heavy atom. The molecule has 0 saturated carbocycles. The summed E-state index contributed by atoms with van der Waals surface area (Å²) in [5.74, 6) is 1.07. The van der Waals surface area contributed by atoms with E-state index in [-0.39, 0.29) is 5.60 Å². The molecular weight excluding hydrogens is 226 g/mol. The number of hydrogen-bond donors (Lipinski definition) is 2. The Morgan fingerprint density at radius 1 is 1.33 bits per heavy atom. The minimum absolute atomic E-state index is 0.0271. The average molecular weight is 253 g/mol. The average Bonchev–Trinajstić information content (AvgIpc) is 2.85. The van der Waals surface area contributed by atoms with Gasteiger partial charge >= 0.3 is 0 Å². The molecule has 0 radical (unpaired) electrons. The lowest BCUT2D eigenvalue weighted by Gasteiger charge is -2.23. The number of aromatic nitrogens is 2. The maximum Gasteiger partial charge on any atom is 0.106 e. The summed E-state index contributed by atoms with van der Waals surface area (Å²) in [7, 11) is 0. The van der Waals surface area contributed by atoms with Crippen LogP contribution in [-0.2, 0) is 11.2 Å². The first-order chi connectivity index (χ1) is 8.64. The lowest BCUT2D eigenvalue weighted by atomic mass is 10.1. The summed E-state index contributed by atoms with van der Waals surface area (Å²) in [6, 6.07) is 0. The number of nitrogens with zero attached hydrogens (tertiary/aromatic N) is 1. The molecule has 1 heterocycles. The molecule has 18 heavy (non-hydrogen) atoms. The molecule has 1 aromatic heterocycles.